The van der Waals surface area contributed by atoms with Crippen LogP contribution in [0.15, 0.2) is 109 Å². The summed E-state index contributed by atoms with van der Waals surface area (Å²) in [6.45, 7) is 5.30. The van der Waals surface area contributed by atoms with Crippen LogP contribution in [0.4, 0.5) is 16.2 Å². The van der Waals surface area contributed by atoms with Crippen molar-refractivity contribution in [3.8, 4) is 0 Å². The first-order valence-corrected chi connectivity index (χ1v) is 17.4. The Hall–Kier alpha value is -5.15. The Labute approximate surface area is 296 Å². The van der Waals surface area contributed by atoms with E-state index in [2.05, 4.69) is 15.4 Å². The van der Waals surface area contributed by atoms with Gasteiger partial charge in [-0.15, -0.1) is 0 Å². The summed E-state index contributed by atoms with van der Waals surface area (Å²) >= 11 is 0. The molecule has 0 unspecified atom stereocenters. The molecule has 2 saturated heterocycles. The van der Waals surface area contributed by atoms with Crippen LogP contribution in [-0.4, -0.2) is 63.3 Å². The Morgan fingerprint density at radius 2 is 1.14 bits per heavy atom. The average Bonchev–Trinajstić information content (AvgIpc) is 3.21. The predicted molar refractivity (Wildman–Crippen MR) is 199 cm³/mol. The lowest BCUT2D eigenvalue weighted by molar-refractivity contribution is 0.0592. The second-order valence-corrected chi connectivity index (χ2v) is 12.2. The molecule has 4 aromatic rings. The standard InChI is InChI=1S/C21H24N2O3.C15H15NO2.C5H11N/c1-26-20(24)18-12-10-17(11-13-18)16-23(19-8-4-2-5-9-19)21(25)22-14-6-3-7-15-22;1-18-15(17)13-9-7-12(8-10-13)11-16-14-5-3-2-4-6-14;1-2-4-6-5-3-1/h2,4-5,8-13H,3,6-7,14-16H2,1H3;2-10,16H,11H2,1H3;6H,1-5H2. The van der Waals surface area contributed by atoms with Crippen molar-refractivity contribution in [1.82, 2.24) is 10.2 Å². The van der Waals surface area contributed by atoms with Crippen LogP contribution >= 0.6 is 0 Å². The molecule has 4 aromatic carbocycles. The maximum Gasteiger partial charge on any atom is 0.337 e. The number of nitrogens with zero attached hydrogens (tertiary/aromatic N) is 2. The maximum atomic E-state index is 13.1. The molecule has 2 aliphatic rings. The molecule has 0 saturated carbocycles. The first kappa shape index (κ1) is 37.7. The summed E-state index contributed by atoms with van der Waals surface area (Å²) in [6, 6.07) is 34.3. The van der Waals surface area contributed by atoms with E-state index >= 15 is 0 Å². The van der Waals surface area contributed by atoms with Crippen LogP contribution in [0.3, 0.4) is 0 Å². The number of rotatable bonds is 8. The fourth-order valence-corrected chi connectivity index (χ4v) is 5.62. The van der Waals surface area contributed by atoms with Gasteiger partial charge in [-0.3, -0.25) is 4.90 Å². The summed E-state index contributed by atoms with van der Waals surface area (Å²) < 4.78 is 9.38. The molecule has 0 radical (unpaired) electrons. The summed E-state index contributed by atoms with van der Waals surface area (Å²) in [5.41, 5.74) is 5.11. The van der Waals surface area contributed by atoms with Crippen LogP contribution in [0.2, 0.25) is 0 Å². The molecule has 0 bridgehead atoms. The lowest BCUT2D eigenvalue weighted by Crippen LogP contribution is -2.45. The van der Waals surface area contributed by atoms with Gasteiger partial charge in [0.25, 0.3) is 0 Å². The molecule has 50 heavy (non-hydrogen) atoms. The van der Waals surface area contributed by atoms with Crippen molar-refractivity contribution in [1.29, 1.82) is 0 Å². The number of anilines is 2. The third-order valence-electron chi connectivity index (χ3n) is 8.49. The normalized spacial score (nSPS) is 13.7. The van der Waals surface area contributed by atoms with Gasteiger partial charge in [0, 0.05) is 31.0 Å². The minimum Gasteiger partial charge on any atom is -0.465 e. The zero-order valence-corrected chi connectivity index (χ0v) is 29.3. The number of amides is 2. The SMILES string of the molecule is C1CCNCC1.COC(=O)c1ccc(CN(C(=O)N2CCCCC2)c2ccccc2)cc1.COC(=O)c1ccc(CNc2ccccc2)cc1. The van der Waals surface area contributed by atoms with Crippen LogP contribution in [0.25, 0.3) is 0 Å². The van der Waals surface area contributed by atoms with Gasteiger partial charge in [0.15, 0.2) is 0 Å². The molecule has 2 aliphatic heterocycles. The Bertz CT molecular complexity index is 1560. The number of carbonyl (C=O) groups excluding carboxylic acids is 3. The minimum atomic E-state index is -0.360. The van der Waals surface area contributed by atoms with Crippen molar-refractivity contribution in [2.45, 2.75) is 51.6 Å². The molecule has 0 aromatic heterocycles. The number of methoxy groups -OCH3 is 2. The average molecular weight is 679 g/mol. The summed E-state index contributed by atoms with van der Waals surface area (Å²) in [5, 5.41) is 6.59. The van der Waals surface area contributed by atoms with E-state index in [-0.39, 0.29) is 18.0 Å². The molecule has 0 spiro atoms. The number of hydrogen-bond donors (Lipinski definition) is 2. The molecule has 0 aliphatic carbocycles. The number of benzene rings is 4. The Morgan fingerprint density at radius 1 is 0.640 bits per heavy atom. The number of urea groups is 1. The van der Waals surface area contributed by atoms with Gasteiger partial charge in [0.05, 0.1) is 31.9 Å². The molecule has 2 amide bonds. The van der Waals surface area contributed by atoms with E-state index in [1.54, 1.807) is 29.2 Å². The van der Waals surface area contributed by atoms with Crippen molar-refractivity contribution in [2.75, 3.05) is 50.6 Å². The van der Waals surface area contributed by atoms with Gasteiger partial charge in [-0.25, -0.2) is 14.4 Å². The van der Waals surface area contributed by atoms with Crippen molar-refractivity contribution in [3.05, 3.63) is 131 Å². The van der Waals surface area contributed by atoms with E-state index in [1.165, 1.54) is 53.0 Å². The number of para-hydroxylation sites is 2. The highest BCUT2D eigenvalue weighted by molar-refractivity contribution is 5.92. The van der Waals surface area contributed by atoms with Crippen LogP contribution in [-0.2, 0) is 22.6 Å². The highest BCUT2D eigenvalue weighted by Gasteiger charge is 2.24. The number of nitrogens with one attached hydrogen (secondary N) is 2. The van der Waals surface area contributed by atoms with Crippen molar-refractivity contribution < 1.29 is 23.9 Å². The van der Waals surface area contributed by atoms with E-state index in [0.29, 0.717) is 17.7 Å². The van der Waals surface area contributed by atoms with Crippen LogP contribution in [0, 0.1) is 0 Å². The predicted octanol–water partition coefficient (Wildman–Crippen LogP) is 7.93. The van der Waals surface area contributed by atoms with Gasteiger partial charge < -0.3 is 25.0 Å². The third kappa shape index (κ3) is 12.4. The van der Waals surface area contributed by atoms with Gasteiger partial charge in [-0.2, -0.15) is 0 Å². The smallest absolute Gasteiger partial charge is 0.337 e. The zero-order chi connectivity index (χ0) is 35.4. The van der Waals surface area contributed by atoms with Crippen LogP contribution in [0.5, 0.6) is 0 Å². The molecule has 9 heteroatoms. The molecule has 264 valence electrons. The maximum absolute atomic E-state index is 13.1. The highest BCUT2D eigenvalue weighted by atomic mass is 16.5. The number of piperidine rings is 2. The van der Waals surface area contributed by atoms with Gasteiger partial charge >= 0.3 is 18.0 Å². The topological polar surface area (TPSA) is 100 Å². The van der Waals surface area contributed by atoms with E-state index in [4.69, 9.17) is 4.74 Å². The first-order valence-electron chi connectivity index (χ1n) is 17.4. The van der Waals surface area contributed by atoms with Gasteiger partial charge in [0.1, 0.15) is 0 Å². The quantitative estimate of drug-likeness (QED) is 0.183. The van der Waals surface area contributed by atoms with Crippen LogP contribution < -0.4 is 15.5 Å². The number of likely N-dealkylation sites (tertiary alicyclic amines) is 1. The van der Waals surface area contributed by atoms with Crippen molar-refractivity contribution in [3.63, 3.8) is 0 Å². The summed E-state index contributed by atoms with van der Waals surface area (Å²) in [6.07, 6.45) is 7.52. The molecule has 2 fully saturated rings. The minimum absolute atomic E-state index is 0.0351. The van der Waals surface area contributed by atoms with E-state index in [9.17, 15) is 14.4 Å². The Kier molecular flexibility index (Phi) is 15.9. The molecule has 2 N–H and O–H groups in total. The van der Waals surface area contributed by atoms with Gasteiger partial charge in [0.2, 0.25) is 0 Å². The van der Waals surface area contributed by atoms with E-state index < -0.39 is 0 Å². The molecule has 0 atom stereocenters. The van der Waals surface area contributed by atoms with E-state index in [1.807, 2.05) is 89.8 Å². The second kappa shape index (κ2) is 21.0. The molecule has 2 heterocycles. The number of esters is 2. The Morgan fingerprint density at radius 3 is 1.62 bits per heavy atom. The number of hydrogen-bond acceptors (Lipinski definition) is 7. The lowest BCUT2D eigenvalue weighted by atomic mass is 10.1. The Balaban J connectivity index is 0.000000201. The fraction of sp³-hybridized carbons (Fsp3) is 0.341. The lowest BCUT2D eigenvalue weighted by Gasteiger charge is -2.33. The zero-order valence-electron chi connectivity index (χ0n) is 29.3. The summed E-state index contributed by atoms with van der Waals surface area (Å²) in [7, 11) is 2.75. The van der Waals surface area contributed by atoms with E-state index in [0.717, 1.165) is 55.0 Å². The van der Waals surface area contributed by atoms with Crippen molar-refractivity contribution in [2.24, 2.45) is 0 Å². The second-order valence-electron chi connectivity index (χ2n) is 12.2. The molecular formula is C41H50N4O5. The summed E-state index contributed by atoms with van der Waals surface area (Å²) in [4.78, 5) is 39.7. The number of carbonyl (C=O) groups is 3. The highest BCUT2D eigenvalue weighted by Crippen LogP contribution is 2.21. The molecular weight excluding hydrogens is 628 g/mol. The van der Waals surface area contributed by atoms with Gasteiger partial charge in [-0.1, -0.05) is 67.1 Å². The molecule has 9 nitrogen and oxygen atoms in total. The van der Waals surface area contributed by atoms with Crippen molar-refractivity contribution >= 4 is 29.3 Å². The number of ether oxygens (including phenoxy) is 2. The fourth-order valence-electron chi connectivity index (χ4n) is 5.62. The monoisotopic (exact) mass is 678 g/mol. The van der Waals surface area contributed by atoms with Crippen LogP contribution in [0.1, 0.15) is 70.4 Å². The molecule has 6 rings (SSSR count). The largest absolute Gasteiger partial charge is 0.465 e. The van der Waals surface area contributed by atoms with Gasteiger partial charge in [-0.05, 0) is 105 Å². The first-order chi connectivity index (χ1) is 24.5. The third-order valence-corrected chi connectivity index (χ3v) is 8.49. The summed E-state index contributed by atoms with van der Waals surface area (Å²) in [5.74, 6) is -0.668.